The predicted octanol–water partition coefficient (Wildman–Crippen LogP) is 4.03. The Hall–Kier alpha value is -0.250. The van der Waals surface area contributed by atoms with Gasteiger partial charge in [0.1, 0.15) is 5.75 Å². The van der Waals surface area contributed by atoms with E-state index < -0.39 is 11.3 Å². The molecule has 82 valence electrons. The molecule has 0 aromatic heterocycles. The molecule has 0 N–H and O–H groups in total. The first kappa shape index (κ1) is 12.8. The molecule has 0 aliphatic rings. The number of benzene rings is 1. The lowest BCUT2D eigenvalue weighted by Crippen LogP contribution is -2.22. The Bertz CT molecular complexity index is 368. The van der Waals surface area contributed by atoms with Crippen molar-refractivity contribution in [3.05, 3.63) is 27.7 Å². The van der Waals surface area contributed by atoms with E-state index in [4.69, 9.17) is 27.9 Å². The third-order valence-corrected chi connectivity index (χ3v) is 2.82. The number of hydrogen-bond acceptors (Lipinski definition) is 2. The van der Waals surface area contributed by atoms with Crippen LogP contribution in [-0.4, -0.2) is 11.3 Å². The van der Waals surface area contributed by atoms with Crippen LogP contribution in [-0.2, 0) is 4.79 Å². The van der Waals surface area contributed by atoms with E-state index >= 15 is 0 Å². The molecule has 0 aliphatic heterocycles. The molecule has 0 amide bonds. The van der Waals surface area contributed by atoms with Gasteiger partial charge >= 0.3 is 0 Å². The lowest BCUT2D eigenvalue weighted by molar-refractivity contribution is -0.117. The Balaban J connectivity index is 2.84. The van der Waals surface area contributed by atoms with Gasteiger partial charge in [0.15, 0.2) is 6.10 Å². The van der Waals surface area contributed by atoms with Gasteiger partial charge in [-0.25, -0.2) is 0 Å². The van der Waals surface area contributed by atoms with Crippen molar-refractivity contribution in [2.75, 3.05) is 0 Å². The largest absolute Gasteiger partial charge is 0.480 e. The molecule has 0 saturated carbocycles. The van der Waals surface area contributed by atoms with Crippen LogP contribution in [0.15, 0.2) is 22.7 Å². The molecule has 0 unspecified atom stereocenters. The highest BCUT2D eigenvalue weighted by atomic mass is 79.9. The third-order valence-electron chi connectivity index (χ3n) is 1.79. The van der Waals surface area contributed by atoms with Crippen molar-refractivity contribution in [3.63, 3.8) is 0 Å². The maximum atomic E-state index is 10.9. The monoisotopic (exact) mass is 310 g/mol. The van der Waals surface area contributed by atoms with Crippen molar-refractivity contribution in [2.24, 2.45) is 0 Å². The van der Waals surface area contributed by atoms with E-state index in [0.29, 0.717) is 17.2 Å². The smallest absolute Gasteiger partial charge is 0.262 e. The standard InChI is InChI=1S/C10H9BrCl2O2/c1-2-8(10(13)14)15-9-4-3-6(11)5-7(9)12/h3-5,8H,2H2,1H3/t8-/m1/s1. The van der Waals surface area contributed by atoms with Gasteiger partial charge in [-0.2, -0.15) is 0 Å². The van der Waals surface area contributed by atoms with E-state index in [2.05, 4.69) is 15.9 Å². The Morgan fingerprint density at radius 2 is 2.27 bits per heavy atom. The second-order valence-corrected chi connectivity index (χ2v) is 4.59. The summed E-state index contributed by atoms with van der Waals surface area (Å²) in [5, 5.41) is -0.0720. The zero-order valence-corrected chi connectivity index (χ0v) is 11.1. The average molecular weight is 312 g/mol. The number of halogens is 3. The Morgan fingerprint density at radius 1 is 1.60 bits per heavy atom. The fourth-order valence-corrected chi connectivity index (χ4v) is 1.93. The van der Waals surface area contributed by atoms with Gasteiger partial charge in [-0.05, 0) is 36.2 Å². The molecule has 0 spiro atoms. The molecular formula is C10H9BrCl2O2. The summed E-state index contributed by atoms with van der Waals surface area (Å²) in [4.78, 5) is 10.9. The normalized spacial score (nSPS) is 12.3. The Morgan fingerprint density at radius 3 is 2.73 bits per heavy atom. The molecule has 0 fully saturated rings. The Labute approximate surface area is 107 Å². The second-order valence-electron chi connectivity index (χ2n) is 2.89. The van der Waals surface area contributed by atoms with E-state index in [-0.39, 0.29) is 0 Å². The number of ether oxygens (including phenoxy) is 1. The summed E-state index contributed by atoms with van der Waals surface area (Å²) in [5.74, 6) is 0.459. The fourth-order valence-electron chi connectivity index (χ4n) is 1.01. The zero-order valence-electron chi connectivity index (χ0n) is 7.97. The minimum absolute atomic E-state index is 0.445. The Kier molecular flexibility index (Phi) is 4.90. The maximum Gasteiger partial charge on any atom is 0.262 e. The summed E-state index contributed by atoms with van der Waals surface area (Å²) in [5.41, 5.74) is 0. The molecule has 0 saturated heterocycles. The van der Waals surface area contributed by atoms with Crippen LogP contribution in [0.25, 0.3) is 0 Å². The molecular weight excluding hydrogens is 303 g/mol. The van der Waals surface area contributed by atoms with Crippen LogP contribution in [0.5, 0.6) is 5.75 Å². The summed E-state index contributed by atoms with van der Waals surface area (Å²) in [6, 6.07) is 5.17. The van der Waals surface area contributed by atoms with Crippen LogP contribution in [0.4, 0.5) is 0 Å². The molecule has 1 rings (SSSR count). The van der Waals surface area contributed by atoms with Crippen LogP contribution in [0.3, 0.4) is 0 Å². The minimum Gasteiger partial charge on any atom is -0.480 e. The van der Waals surface area contributed by atoms with E-state index in [9.17, 15) is 4.79 Å². The van der Waals surface area contributed by atoms with Crippen LogP contribution in [0, 0.1) is 0 Å². The van der Waals surface area contributed by atoms with Crippen LogP contribution in [0.1, 0.15) is 13.3 Å². The molecule has 1 aromatic rings. The minimum atomic E-state index is -0.648. The molecule has 0 aliphatic carbocycles. The number of carbonyl (C=O) groups is 1. The van der Waals surface area contributed by atoms with Crippen molar-refractivity contribution in [3.8, 4) is 5.75 Å². The van der Waals surface area contributed by atoms with E-state index in [1.54, 1.807) is 18.2 Å². The second kappa shape index (κ2) is 5.73. The number of rotatable bonds is 4. The molecule has 0 radical (unpaired) electrons. The van der Waals surface area contributed by atoms with Gasteiger partial charge in [-0.1, -0.05) is 34.5 Å². The highest BCUT2D eigenvalue weighted by Gasteiger charge is 2.16. The van der Waals surface area contributed by atoms with Gasteiger partial charge < -0.3 is 4.74 Å². The summed E-state index contributed by atoms with van der Waals surface area (Å²) >= 11 is 14.6. The number of carbonyl (C=O) groups excluding carboxylic acids is 1. The van der Waals surface area contributed by atoms with E-state index in [0.717, 1.165) is 4.47 Å². The van der Waals surface area contributed by atoms with Crippen LogP contribution in [0.2, 0.25) is 5.02 Å². The molecule has 2 nitrogen and oxygen atoms in total. The van der Waals surface area contributed by atoms with Gasteiger partial charge in [0.05, 0.1) is 5.02 Å². The first-order chi connectivity index (χ1) is 7.04. The SMILES string of the molecule is CC[C@@H](Oc1ccc(Br)cc1Cl)C(=O)Cl. The van der Waals surface area contributed by atoms with Gasteiger partial charge in [-0.15, -0.1) is 0 Å². The lowest BCUT2D eigenvalue weighted by atomic mass is 10.3. The lowest BCUT2D eigenvalue weighted by Gasteiger charge is -2.14. The molecule has 1 aromatic carbocycles. The highest BCUT2D eigenvalue weighted by Crippen LogP contribution is 2.29. The van der Waals surface area contributed by atoms with E-state index in [1.807, 2.05) is 6.92 Å². The van der Waals surface area contributed by atoms with Gasteiger partial charge in [-0.3, -0.25) is 4.79 Å². The summed E-state index contributed by atoms with van der Waals surface area (Å²) < 4.78 is 6.23. The molecule has 1 atom stereocenters. The van der Waals surface area contributed by atoms with Crippen molar-refractivity contribution >= 4 is 44.4 Å². The molecule has 5 heteroatoms. The first-order valence-corrected chi connectivity index (χ1v) is 5.90. The zero-order chi connectivity index (χ0) is 11.4. The van der Waals surface area contributed by atoms with E-state index in [1.165, 1.54) is 0 Å². The summed E-state index contributed by atoms with van der Waals surface area (Å²) in [7, 11) is 0. The molecule has 0 heterocycles. The molecule has 0 bridgehead atoms. The van der Waals surface area contributed by atoms with Gasteiger partial charge in [0.25, 0.3) is 5.24 Å². The van der Waals surface area contributed by atoms with Crippen molar-refractivity contribution in [2.45, 2.75) is 19.4 Å². The van der Waals surface area contributed by atoms with Gasteiger partial charge in [0.2, 0.25) is 0 Å². The van der Waals surface area contributed by atoms with Crippen molar-refractivity contribution in [1.29, 1.82) is 0 Å². The summed E-state index contributed by atoms with van der Waals surface area (Å²) in [6.45, 7) is 1.82. The summed E-state index contributed by atoms with van der Waals surface area (Å²) in [6.07, 6.45) is -0.139. The third kappa shape index (κ3) is 3.67. The molecule has 15 heavy (non-hydrogen) atoms. The number of hydrogen-bond donors (Lipinski definition) is 0. The predicted molar refractivity (Wildman–Crippen MR) is 64.7 cm³/mol. The topological polar surface area (TPSA) is 26.3 Å². The fraction of sp³-hybridized carbons (Fsp3) is 0.300. The van der Waals surface area contributed by atoms with Crippen LogP contribution >= 0.6 is 39.1 Å². The average Bonchev–Trinajstić information content (AvgIpc) is 2.16. The van der Waals surface area contributed by atoms with Crippen molar-refractivity contribution in [1.82, 2.24) is 0 Å². The quantitative estimate of drug-likeness (QED) is 0.785. The van der Waals surface area contributed by atoms with Crippen molar-refractivity contribution < 1.29 is 9.53 Å². The van der Waals surface area contributed by atoms with Gasteiger partial charge in [0, 0.05) is 4.47 Å². The highest BCUT2D eigenvalue weighted by molar-refractivity contribution is 9.10. The maximum absolute atomic E-state index is 10.9. The van der Waals surface area contributed by atoms with Crippen LogP contribution < -0.4 is 4.74 Å². The first-order valence-electron chi connectivity index (χ1n) is 4.35.